The predicted octanol–water partition coefficient (Wildman–Crippen LogP) is 2.11. The Balaban J connectivity index is 1.92. The van der Waals surface area contributed by atoms with Gasteiger partial charge in [0.2, 0.25) is 6.19 Å². The lowest BCUT2D eigenvalue weighted by Crippen LogP contribution is -2.52. The SMILES string of the molecule is CS/C(=N\C#N)N1CCN(C(=O)C(C)Oc2ccccc2C)CC1. The van der Waals surface area contributed by atoms with Gasteiger partial charge in [0.15, 0.2) is 11.3 Å². The third-order valence-corrected chi connectivity index (χ3v) is 4.65. The van der Waals surface area contributed by atoms with Crippen LogP contribution in [0.25, 0.3) is 0 Å². The maximum Gasteiger partial charge on any atom is 0.263 e. The minimum atomic E-state index is -0.523. The molecule has 0 aliphatic carbocycles. The first-order valence-corrected chi connectivity index (χ1v) is 9.06. The fraction of sp³-hybridized carbons (Fsp3) is 0.471. The Morgan fingerprint density at radius 3 is 2.50 bits per heavy atom. The zero-order chi connectivity index (χ0) is 17.5. The number of hydrogen-bond acceptors (Lipinski definition) is 5. The highest BCUT2D eigenvalue weighted by atomic mass is 32.2. The summed E-state index contributed by atoms with van der Waals surface area (Å²) in [5.74, 6) is 0.726. The molecule has 1 saturated heterocycles. The van der Waals surface area contributed by atoms with Crippen LogP contribution in [-0.2, 0) is 4.79 Å². The zero-order valence-electron chi connectivity index (χ0n) is 14.2. The van der Waals surface area contributed by atoms with Crippen molar-refractivity contribution in [3.63, 3.8) is 0 Å². The number of ether oxygens (including phenoxy) is 1. The molecule has 7 heteroatoms. The standard InChI is InChI=1S/C17H22N4O2S/c1-13-6-4-5-7-15(13)23-14(2)16(22)20-8-10-21(11-9-20)17(24-3)19-12-18/h4-7,14H,8-11H2,1-3H3/b19-17-. The zero-order valence-corrected chi connectivity index (χ0v) is 15.0. The van der Waals surface area contributed by atoms with E-state index in [0.717, 1.165) is 11.3 Å². The molecular weight excluding hydrogens is 324 g/mol. The summed E-state index contributed by atoms with van der Waals surface area (Å²) in [7, 11) is 0. The van der Waals surface area contributed by atoms with Gasteiger partial charge in [-0.2, -0.15) is 5.26 Å². The highest BCUT2D eigenvalue weighted by Gasteiger charge is 2.27. The van der Waals surface area contributed by atoms with E-state index in [-0.39, 0.29) is 5.91 Å². The van der Waals surface area contributed by atoms with Gasteiger partial charge < -0.3 is 14.5 Å². The largest absolute Gasteiger partial charge is 0.481 e. The maximum absolute atomic E-state index is 12.6. The van der Waals surface area contributed by atoms with Gasteiger partial charge in [0.1, 0.15) is 5.75 Å². The third-order valence-electron chi connectivity index (χ3n) is 3.94. The number of rotatable bonds is 3. The van der Waals surface area contributed by atoms with Gasteiger partial charge in [-0.05, 0) is 31.7 Å². The molecule has 1 heterocycles. The van der Waals surface area contributed by atoms with Crippen molar-refractivity contribution in [3.8, 4) is 11.9 Å². The highest BCUT2D eigenvalue weighted by Crippen LogP contribution is 2.19. The van der Waals surface area contributed by atoms with Crippen molar-refractivity contribution in [3.05, 3.63) is 29.8 Å². The van der Waals surface area contributed by atoms with Crippen LogP contribution in [0.3, 0.4) is 0 Å². The molecular formula is C17H22N4O2S. The minimum absolute atomic E-state index is 0.0131. The predicted molar refractivity (Wildman–Crippen MR) is 96.0 cm³/mol. The second-order valence-corrected chi connectivity index (χ2v) is 6.31. The summed E-state index contributed by atoms with van der Waals surface area (Å²) in [6.45, 7) is 6.29. The van der Waals surface area contributed by atoms with Crippen molar-refractivity contribution in [1.29, 1.82) is 5.26 Å². The summed E-state index contributed by atoms with van der Waals surface area (Å²) in [4.78, 5) is 20.2. The maximum atomic E-state index is 12.6. The molecule has 0 aromatic heterocycles. The molecule has 24 heavy (non-hydrogen) atoms. The van der Waals surface area contributed by atoms with Crippen LogP contribution in [0, 0.1) is 18.4 Å². The molecule has 0 N–H and O–H groups in total. The Hall–Kier alpha value is -2.20. The van der Waals surface area contributed by atoms with Crippen molar-refractivity contribution in [1.82, 2.24) is 9.80 Å². The molecule has 2 rings (SSSR count). The summed E-state index contributed by atoms with van der Waals surface area (Å²) in [6.07, 6.45) is 3.20. The number of nitriles is 1. The fourth-order valence-corrected chi connectivity index (χ4v) is 3.17. The van der Waals surface area contributed by atoms with E-state index in [9.17, 15) is 4.79 Å². The lowest BCUT2D eigenvalue weighted by atomic mass is 10.2. The third kappa shape index (κ3) is 4.42. The van der Waals surface area contributed by atoms with E-state index in [1.807, 2.05) is 53.4 Å². The average Bonchev–Trinajstić information content (AvgIpc) is 2.61. The number of carbonyl (C=O) groups is 1. The van der Waals surface area contributed by atoms with E-state index in [2.05, 4.69) is 4.99 Å². The van der Waals surface area contributed by atoms with Crippen LogP contribution in [0.5, 0.6) is 5.75 Å². The second kappa shape index (κ2) is 8.60. The van der Waals surface area contributed by atoms with E-state index >= 15 is 0 Å². The summed E-state index contributed by atoms with van der Waals surface area (Å²) < 4.78 is 5.82. The number of aliphatic imine (C=N–C) groups is 1. The lowest BCUT2D eigenvalue weighted by Gasteiger charge is -2.36. The number of amides is 1. The Labute approximate surface area is 147 Å². The van der Waals surface area contributed by atoms with Gasteiger partial charge in [0.05, 0.1) is 0 Å². The normalized spacial score (nSPS) is 16.5. The molecule has 1 atom stereocenters. The van der Waals surface area contributed by atoms with Crippen LogP contribution >= 0.6 is 11.8 Å². The van der Waals surface area contributed by atoms with Crippen LogP contribution in [-0.4, -0.2) is 59.4 Å². The topological polar surface area (TPSA) is 68.9 Å². The summed E-state index contributed by atoms with van der Waals surface area (Å²) >= 11 is 1.45. The van der Waals surface area contributed by atoms with E-state index in [1.54, 1.807) is 6.92 Å². The molecule has 0 spiro atoms. The van der Waals surface area contributed by atoms with Gasteiger partial charge in [0.25, 0.3) is 5.91 Å². The lowest BCUT2D eigenvalue weighted by molar-refractivity contribution is -0.139. The molecule has 1 unspecified atom stereocenters. The molecule has 1 aromatic carbocycles. The molecule has 0 radical (unpaired) electrons. The number of para-hydroxylation sites is 1. The van der Waals surface area contributed by atoms with Crippen LogP contribution in [0.15, 0.2) is 29.3 Å². The molecule has 1 aliphatic rings. The summed E-state index contributed by atoms with van der Waals surface area (Å²) in [5, 5.41) is 9.42. The van der Waals surface area contributed by atoms with Crippen molar-refractivity contribution >= 4 is 22.8 Å². The van der Waals surface area contributed by atoms with Crippen LogP contribution < -0.4 is 4.74 Å². The van der Waals surface area contributed by atoms with Crippen LogP contribution in [0.2, 0.25) is 0 Å². The molecule has 1 aliphatic heterocycles. The van der Waals surface area contributed by atoms with Crippen LogP contribution in [0.4, 0.5) is 0 Å². The average molecular weight is 346 g/mol. The fourth-order valence-electron chi connectivity index (χ4n) is 2.59. The van der Waals surface area contributed by atoms with Crippen LogP contribution in [0.1, 0.15) is 12.5 Å². The molecule has 1 aromatic rings. The number of piperazine rings is 1. The Kier molecular flexibility index (Phi) is 6.50. The molecule has 1 fully saturated rings. The molecule has 1 amide bonds. The number of amidine groups is 1. The van der Waals surface area contributed by atoms with Gasteiger partial charge in [-0.1, -0.05) is 30.0 Å². The molecule has 6 nitrogen and oxygen atoms in total. The van der Waals surface area contributed by atoms with Gasteiger partial charge in [0, 0.05) is 26.2 Å². The first-order valence-electron chi connectivity index (χ1n) is 7.83. The smallest absolute Gasteiger partial charge is 0.263 e. The molecule has 0 saturated carbocycles. The number of aryl methyl sites for hydroxylation is 1. The van der Waals surface area contributed by atoms with Gasteiger partial charge in [-0.15, -0.1) is 4.99 Å². The van der Waals surface area contributed by atoms with Crippen molar-refractivity contribution in [2.24, 2.45) is 4.99 Å². The first kappa shape index (κ1) is 18.1. The van der Waals surface area contributed by atoms with E-state index in [0.29, 0.717) is 31.3 Å². The number of benzene rings is 1. The van der Waals surface area contributed by atoms with E-state index in [4.69, 9.17) is 10.00 Å². The number of nitrogens with zero attached hydrogens (tertiary/aromatic N) is 4. The minimum Gasteiger partial charge on any atom is -0.481 e. The van der Waals surface area contributed by atoms with Crippen molar-refractivity contribution < 1.29 is 9.53 Å². The Morgan fingerprint density at radius 2 is 1.92 bits per heavy atom. The second-order valence-electron chi connectivity index (χ2n) is 5.54. The number of carbonyl (C=O) groups excluding carboxylic acids is 1. The van der Waals surface area contributed by atoms with E-state index in [1.165, 1.54) is 11.8 Å². The summed E-state index contributed by atoms with van der Waals surface area (Å²) in [6, 6.07) is 7.68. The van der Waals surface area contributed by atoms with Crippen molar-refractivity contribution in [2.45, 2.75) is 20.0 Å². The quantitative estimate of drug-likeness (QED) is 0.476. The number of hydrogen-bond donors (Lipinski definition) is 0. The van der Waals surface area contributed by atoms with Crippen molar-refractivity contribution in [2.75, 3.05) is 32.4 Å². The molecule has 128 valence electrons. The van der Waals surface area contributed by atoms with Gasteiger partial charge in [-0.25, -0.2) is 0 Å². The van der Waals surface area contributed by atoms with Gasteiger partial charge in [-0.3, -0.25) is 4.79 Å². The Morgan fingerprint density at radius 1 is 1.29 bits per heavy atom. The monoisotopic (exact) mass is 346 g/mol. The van der Waals surface area contributed by atoms with E-state index < -0.39 is 6.10 Å². The highest BCUT2D eigenvalue weighted by molar-refractivity contribution is 8.13. The Bertz CT molecular complexity index is 648. The molecule has 0 bridgehead atoms. The van der Waals surface area contributed by atoms with Gasteiger partial charge >= 0.3 is 0 Å². The first-order chi connectivity index (χ1) is 11.6. The number of thioether (sulfide) groups is 1. The summed E-state index contributed by atoms with van der Waals surface area (Å²) in [5.41, 5.74) is 1.01.